The molecule has 0 fully saturated rings. The first-order valence-electron chi connectivity index (χ1n) is 15.5. The van der Waals surface area contributed by atoms with Gasteiger partial charge in [-0.3, -0.25) is 4.79 Å². The molecule has 7 nitrogen and oxygen atoms in total. The Morgan fingerprint density at radius 2 is 1.49 bits per heavy atom. The number of rotatable bonds is 27. The maximum atomic E-state index is 11.9. The van der Waals surface area contributed by atoms with Crippen molar-refractivity contribution in [1.29, 1.82) is 0 Å². The molecule has 0 saturated heterocycles. The number of hydrogen-bond acceptors (Lipinski definition) is 7. The predicted molar refractivity (Wildman–Crippen MR) is 161 cm³/mol. The van der Waals surface area contributed by atoms with E-state index in [0.717, 1.165) is 38.1 Å². The summed E-state index contributed by atoms with van der Waals surface area (Å²) in [6, 6.07) is 8.05. The van der Waals surface area contributed by atoms with Crippen molar-refractivity contribution in [1.82, 2.24) is 5.32 Å². The van der Waals surface area contributed by atoms with Crippen molar-refractivity contribution in [3.05, 3.63) is 29.8 Å². The SMILES string of the molecule is CCCCCCCCCCCCCCc1ccccc1OCC(COP(O)OCCCNCC)OC(=O)CC. The highest BCUT2D eigenvalue weighted by atomic mass is 31.2. The van der Waals surface area contributed by atoms with Crippen molar-refractivity contribution < 1.29 is 28.2 Å². The Morgan fingerprint density at radius 1 is 0.846 bits per heavy atom. The zero-order chi connectivity index (χ0) is 28.4. The van der Waals surface area contributed by atoms with Gasteiger partial charge in [-0.15, -0.1) is 0 Å². The lowest BCUT2D eigenvalue weighted by atomic mass is 10.0. The Bertz CT molecular complexity index is 707. The molecular weight excluding hydrogens is 513 g/mol. The predicted octanol–water partition coefficient (Wildman–Crippen LogP) is 7.88. The monoisotopic (exact) mass is 569 g/mol. The fourth-order valence-corrected chi connectivity index (χ4v) is 4.93. The molecule has 0 aliphatic heterocycles. The van der Waals surface area contributed by atoms with Crippen LogP contribution in [0.3, 0.4) is 0 Å². The van der Waals surface area contributed by atoms with E-state index >= 15 is 0 Å². The fourth-order valence-electron chi connectivity index (χ4n) is 4.28. The highest BCUT2D eigenvalue weighted by Gasteiger charge is 2.19. The van der Waals surface area contributed by atoms with Crippen LogP contribution in [0.25, 0.3) is 0 Å². The third kappa shape index (κ3) is 20.3. The Kier molecular flexibility index (Phi) is 23.6. The van der Waals surface area contributed by atoms with Crippen molar-refractivity contribution in [2.45, 2.75) is 123 Å². The topological polar surface area (TPSA) is 86.2 Å². The molecule has 0 spiro atoms. The maximum Gasteiger partial charge on any atom is 0.329 e. The lowest BCUT2D eigenvalue weighted by molar-refractivity contribution is -0.152. The highest BCUT2D eigenvalue weighted by molar-refractivity contribution is 7.40. The summed E-state index contributed by atoms with van der Waals surface area (Å²) in [6.45, 7) is 8.35. The van der Waals surface area contributed by atoms with Crippen LogP contribution >= 0.6 is 8.60 Å². The second-order valence-electron chi connectivity index (χ2n) is 10.1. The van der Waals surface area contributed by atoms with Gasteiger partial charge in [-0.1, -0.05) is 110 Å². The molecule has 1 rings (SSSR count). The average molecular weight is 570 g/mol. The van der Waals surface area contributed by atoms with Gasteiger partial charge in [0.15, 0.2) is 6.10 Å². The standard InChI is InChI=1S/C31H56NO6P/c1-4-7-8-9-10-11-12-13-14-15-16-17-21-28-22-18-19-23-30(28)35-26-29(38-31(33)5-2)27-37-39(34)36-25-20-24-32-6-3/h18-19,22-23,29,32,34H,4-17,20-21,24-27H2,1-3H3. The third-order valence-corrected chi connectivity index (χ3v) is 7.38. The van der Waals surface area contributed by atoms with Gasteiger partial charge in [-0.2, -0.15) is 0 Å². The molecule has 8 heteroatoms. The molecule has 39 heavy (non-hydrogen) atoms. The molecule has 0 saturated carbocycles. The van der Waals surface area contributed by atoms with E-state index in [1.165, 1.54) is 76.2 Å². The van der Waals surface area contributed by atoms with Crippen LogP contribution in [0.2, 0.25) is 0 Å². The first-order valence-corrected chi connectivity index (χ1v) is 16.6. The fraction of sp³-hybridized carbons (Fsp3) is 0.774. The number of unbranched alkanes of at least 4 members (excludes halogenated alkanes) is 11. The lowest BCUT2D eigenvalue weighted by Gasteiger charge is -2.20. The van der Waals surface area contributed by atoms with Crippen molar-refractivity contribution in [3.63, 3.8) is 0 Å². The van der Waals surface area contributed by atoms with Gasteiger partial charge in [-0.25, -0.2) is 0 Å². The molecule has 0 heterocycles. The minimum Gasteiger partial charge on any atom is -0.489 e. The zero-order valence-electron chi connectivity index (χ0n) is 25.0. The smallest absolute Gasteiger partial charge is 0.329 e. The summed E-state index contributed by atoms with van der Waals surface area (Å²) in [4.78, 5) is 22.0. The van der Waals surface area contributed by atoms with Crippen LogP contribution in [0, 0.1) is 0 Å². The number of hydrogen-bond donors (Lipinski definition) is 2. The number of aryl methyl sites for hydroxylation is 1. The number of benzene rings is 1. The number of ether oxygens (including phenoxy) is 2. The molecule has 2 atom stereocenters. The van der Waals surface area contributed by atoms with E-state index in [1.807, 2.05) is 25.1 Å². The van der Waals surface area contributed by atoms with Gasteiger partial charge in [-0.05, 0) is 44.0 Å². The van der Waals surface area contributed by atoms with E-state index in [2.05, 4.69) is 18.3 Å². The third-order valence-electron chi connectivity index (χ3n) is 6.60. The second kappa shape index (κ2) is 25.7. The molecule has 0 bridgehead atoms. The number of esters is 1. The van der Waals surface area contributed by atoms with Gasteiger partial charge < -0.3 is 28.7 Å². The normalized spacial score (nSPS) is 12.8. The molecule has 0 aliphatic rings. The van der Waals surface area contributed by atoms with Gasteiger partial charge in [0.2, 0.25) is 0 Å². The van der Waals surface area contributed by atoms with E-state index in [4.69, 9.17) is 18.5 Å². The number of carbonyl (C=O) groups is 1. The van der Waals surface area contributed by atoms with Crippen molar-refractivity contribution >= 4 is 14.6 Å². The largest absolute Gasteiger partial charge is 0.489 e. The van der Waals surface area contributed by atoms with Gasteiger partial charge in [0, 0.05) is 6.42 Å². The van der Waals surface area contributed by atoms with Crippen molar-refractivity contribution in [2.75, 3.05) is 32.9 Å². The molecule has 1 aromatic rings. The Labute approximate surface area is 239 Å². The first kappa shape index (κ1) is 35.8. The highest BCUT2D eigenvalue weighted by Crippen LogP contribution is 2.33. The van der Waals surface area contributed by atoms with E-state index in [0.29, 0.717) is 6.61 Å². The summed E-state index contributed by atoms with van der Waals surface area (Å²) in [5, 5.41) is 3.20. The van der Waals surface area contributed by atoms with Crippen LogP contribution in [-0.4, -0.2) is 49.9 Å². The molecule has 2 unspecified atom stereocenters. The minimum atomic E-state index is -2.03. The van der Waals surface area contributed by atoms with E-state index < -0.39 is 14.7 Å². The quantitative estimate of drug-likeness (QED) is 0.0633. The Hall–Kier alpha value is -1.24. The van der Waals surface area contributed by atoms with Gasteiger partial charge in [0.25, 0.3) is 0 Å². The molecule has 2 N–H and O–H groups in total. The number of nitrogens with one attached hydrogen (secondary N) is 1. The van der Waals surface area contributed by atoms with Crippen molar-refractivity contribution in [3.8, 4) is 5.75 Å². The Balaban J connectivity index is 2.34. The number of carbonyl (C=O) groups excluding carboxylic acids is 1. The van der Waals surface area contributed by atoms with Gasteiger partial charge in [0.1, 0.15) is 12.4 Å². The second-order valence-corrected chi connectivity index (χ2v) is 11.1. The molecule has 226 valence electrons. The summed E-state index contributed by atoms with van der Waals surface area (Å²) >= 11 is 0. The molecule has 0 amide bonds. The van der Waals surface area contributed by atoms with Crippen LogP contribution in [0.5, 0.6) is 5.75 Å². The molecule has 0 aliphatic carbocycles. The van der Waals surface area contributed by atoms with Crippen LogP contribution < -0.4 is 10.1 Å². The van der Waals surface area contributed by atoms with Crippen LogP contribution in [0.4, 0.5) is 0 Å². The molecule has 1 aromatic carbocycles. The number of para-hydroxylation sites is 1. The van der Waals surface area contributed by atoms with E-state index in [-0.39, 0.29) is 25.6 Å². The zero-order valence-corrected chi connectivity index (χ0v) is 25.9. The summed E-state index contributed by atoms with van der Waals surface area (Å²) in [7, 11) is -2.03. The maximum absolute atomic E-state index is 11.9. The van der Waals surface area contributed by atoms with Crippen molar-refractivity contribution in [2.24, 2.45) is 0 Å². The first-order chi connectivity index (χ1) is 19.1. The van der Waals surface area contributed by atoms with Crippen LogP contribution in [0.1, 0.15) is 116 Å². The van der Waals surface area contributed by atoms with Crippen LogP contribution in [0.15, 0.2) is 24.3 Å². The van der Waals surface area contributed by atoms with E-state index in [9.17, 15) is 9.69 Å². The molecule has 0 radical (unpaired) electrons. The summed E-state index contributed by atoms with van der Waals surface area (Å²) in [5.74, 6) is 0.481. The molecule has 0 aromatic heterocycles. The summed E-state index contributed by atoms with van der Waals surface area (Å²) < 4.78 is 22.4. The minimum absolute atomic E-state index is 0.0159. The van der Waals surface area contributed by atoms with Gasteiger partial charge in [0.05, 0.1) is 13.2 Å². The Morgan fingerprint density at radius 3 is 2.13 bits per heavy atom. The average Bonchev–Trinajstić information content (AvgIpc) is 2.95. The van der Waals surface area contributed by atoms with Crippen LogP contribution in [-0.2, 0) is 25.0 Å². The van der Waals surface area contributed by atoms with E-state index in [1.54, 1.807) is 6.92 Å². The molecular formula is C31H56NO6P. The summed E-state index contributed by atoms with van der Waals surface area (Å²) in [5.41, 5.74) is 1.17. The summed E-state index contributed by atoms with van der Waals surface area (Å²) in [6.07, 6.45) is 17.4. The lowest BCUT2D eigenvalue weighted by Crippen LogP contribution is -2.29. The van der Waals surface area contributed by atoms with Gasteiger partial charge >= 0.3 is 14.6 Å².